The van der Waals surface area contributed by atoms with Crippen molar-refractivity contribution in [2.24, 2.45) is 5.92 Å². The molecule has 9 heavy (non-hydrogen) atoms. The van der Waals surface area contributed by atoms with Crippen LogP contribution in [0.3, 0.4) is 0 Å². The minimum atomic E-state index is 0.145. The Balaban J connectivity index is 2.05. The highest BCUT2D eigenvalue weighted by Crippen LogP contribution is 2.30. The minimum absolute atomic E-state index is 0.145. The van der Waals surface area contributed by atoms with E-state index < -0.39 is 0 Å². The predicted molar refractivity (Wildman–Crippen MR) is 33.0 cm³/mol. The summed E-state index contributed by atoms with van der Waals surface area (Å²) in [5.74, 6) is 0.712. The molecule has 0 N–H and O–H groups in total. The average molecular weight is 128 g/mol. The summed E-state index contributed by atoms with van der Waals surface area (Å²) in [7, 11) is 0. The Morgan fingerprint density at radius 1 is 1.33 bits per heavy atom. The molecule has 0 aromatic carbocycles. The number of hydrogen-bond donors (Lipinski definition) is 0. The van der Waals surface area contributed by atoms with Crippen LogP contribution in [0.4, 0.5) is 0 Å². The average Bonchev–Trinajstić information content (AvgIpc) is 2.25. The monoisotopic (exact) mass is 128 g/mol. The molecule has 0 aliphatic carbocycles. The van der Waals surface area contributed by atoms with E-state index in [1.54, 1.807) is 0 Å². The molecule has 2 saturated heterocycles. The van der Waals surface area contributed by atoms with Gasteiger partial charge in [-0.2, -0.15) is 0 Å². The van der Waals surface area contributed by atoms with Crippen molar-refractivity contribution in [3.05, 3.63) is 0 Å². The Labute approximate surface area is 55.1 Å². The summed E-state index contributed by atoms with van der Waals surface area (Å²) < 4.78 is 10.8. The number of hydrogen-bond acceptors (Lipinski definition) is 2. The molecule has 0 aromatic rings. The van der Waals surface area contributed by atoms with Crippen molar-refractivity contribution in [3.63, 3.8) is 0 Å². The zero-order valence-corrected chi connectivity index (χ0v) is 5.67. The summed E-state index contributed by atoms with van der Waals surface area (Å²) in [6.07, 6.45) is 2.92. The summed E-state index contributed by atoms with van der Waals surface area (Å²) >= 11 is 0. The number of rotatable bonds is 0. The third-order valence-electron chi connectivity index (χ3n) is 2.27. The van der Waals surface area contributed by atoms with Gasteiger partial charge in [0.1, 0.15) is 0 Å². The Morgan fingerprint density at radius 2 is 2.22 bits per heavy atom. The summed E-state index contributed by atoms with van der Waals surface area (Å²) in [5, 5.41) is 0. The molecule has 2 rings (SSSR count). The first kappa shape index (κ1) is 5.69. The summed E-state index contributed by atoms with van der Waals surface area (Å²) in [6.45, 7) is 3.06. The van der Waals surface area contributed by atoms with Gasteiger partial charge in [0.2, 0.25) is 0 Å². The maximum Gasteiger partial charge on any atom is 0.158 e. The quantitative estimate of drug-likeness (QED) is 0.487. The van der Waals surface area contributed by atoms with Crippen LogP contribution in [0.25, 0.3) is 0 Å². The molecule has 0 spiro atoms. The molecule has 3 atom stereocenters. The lowest BCUT2D eigenvalue weighted by atomic mass is 9.98. The van der Waals surface area contributed by atoms with Crippen molar-refractivity contribution in [2.75, 3.05) is 6.61 Å². The van der Waals surface area contributed by atoms with Crippen molar-refractivity contribution in [3.8, 4) is 0 Å². The lowest BCUT2D eigenvalue weighted by molar-refractivity contribution is -0.0961. The van der Waals surface area contributed by atoms with E-state index in [4.69, 9.17) is 9.47 Å². The zero-order chi connectivity index (χ0) is 6.27. The molecule has 2 nitrogen and oxygen atoms in total. The molecule has 52 valence electrons. The molecule has 0 unspecified atom stereocenters. The maximum atomic E-state index is 5.49. The van der Waals surface area contributed by atoms with Gasteiger partial charge in [0.15, 0.2) is 6.29 Å². The minimum Gasteiger partial charge on any atom is -0.350 e. The van der Waals surface area contributed by atoms with E-state index in [1.807, 2.05) is 0 Å². The van der Waals surface area contributed by atoms with E-state index in [-0.39, 0.29) is 6.29 Å². The second-order valence-electron chi connectivity index (χ2n) is 2.99. The molecule has 0 saturated carbocycles. The lowest BCUT2D eigenvalue weighted by Crippen LogP contribution is -2.26. The fourth-order valence-electron chi connectivity index (χ4n) is 1.51. The Bertz CT molecular complexity index is 113. The summed E-state index contributed by atoms with van der Waals surface area (Å²) in [5.41, 5.74) is 0. The van der Waals surface area contributed by atoms with Gasteiger partial charge in [0.05, 0.1) is 12.7 Å². The second kappa shape index (κ2) is 1.96. The SMILES string of the molecule is C[C@H]1CC[C@@H]2OC[C@H]1O2. The van der Waals surface area contributed by atoms with Gasteiger partial charge in [-0.1, -0.05) is 6.92 Å². The molecule has 2 aliphatic rings. The van der Waals surface area contributed by atoms with Crippen molar-refractivity contribution in [1.29, 1.82) is 0 Å². The molecule has 2 aliphatic heterocycles. The maximum absolute atomic E-state index is 5.49. The summed E-state index contributed by atoms with van der Waals surface area (Å²) in [4.78, 5) is 0. The van der Waals surface area contributed by atoms with Gasteiger partial charge in [0.25, 0.3) is 0 Å². The van der Waals surface area contributed by atoms with Crippen molar-refractivity contribution < 1.29 is 9.47 Å². The molecule has 0 amide bonds. The Kier molecular flexibility index (Phi) is 1.24. The molecule has 2 bridgehead atoms. The first-order valence-electron chi connectivity index (χ1n) is 3.63. The second-order valence-corrected chi connectivity index (χ2v) is 2.99. The van der Waals surface area contributed by atoms with Gasteiger partial charge >= 0.3 is 0 Å². The molecule has 2 heteroatoms. The highest BCUT2D eigenvalue weighted by molar-refractivity contribution is 4.77. The first-order chi connectivity index (χ1) is 4.36. The van der Waals surface area contributed by atoms with Gasteiger partial charge in [-0.05, 0) is 18.8 Å². The third-order valence-corrected chi connectivity index (χ3v) is 2.27. The van der Waals surface area contributed by atoms with Crippen LogP contribution in [-0.4, -0.2) is 19.0 Å². The van der Waals surface area contributed by atoms with Crippen LogP contribution in [0, 0.1) is 5.92 Å². The van der Waals surface area contributed by atoms with Crippen LogP contribution >= 0.6 is 0 Å². The van der Waals surface area contributed by atoms with Crippen LogP contribution in [0.2, 0.25) is 0 Å². The van der Waals surface area contributed by atoms with Gasteiger partial charge < -0.3 is 9.47 Å². The smallest absolute Gasteiger partial charge is 0.158 e. The fraction of sp³-hybridized carbons (Fsp3) is 1.00. The van der Waals surface area contributed by atoms with Crippen molar-refractivity contribution >= 4 is 0 Å². The Morgan fingerprint density at radius 3 is 3.00 bits per heavy atom. The molecule has 0 radical (unpaired) electrons. The fourth-order valence-corrected chi connectivity index (χ4v) is 1.51. The van der Waals surface area contributed by atoms with E-state index in [0.717, 1.165) is 13.0 Å². The molecule has 2 fully saturated rings. The predicted octanol–water partition coefficient (Wildman–Crippen LogP) is 1.16. The largest absolute Gasteiger partial charge is 0.350 e. The van der Waals surface area contributed by atoms with Gasteiger partial charge in [-0.3, -0.25) is 0 Å². The van der Waals surface area contributed by atoms with Crippen LogP contribution in [0.1, 0.15) is 19.8 Å². The van der Waals surface area contributed by atoms with Crippen LogP contribution in [-0.2, 0) is 9.47 Å². The number of ether oxygens (including phenoxy) is 2. The van der Waals surface area contributed by atoms with Crippen LogP contribution in [0.5, 0.6) is 0 Å². The zero-order valence-electron chi connectivity index (χ0n) is 5.67. The van der Waals surface area contributed by atoms with E-state index in [0.29, 0.717) is 12.0 Å². The molecular weight excluding hydrogens is 116 g/mol. The normalized spacial score (nSPS) is 49.7. The van der Waals surface area contributed by atoms with E-state index in [2.05, 4.69) is 6.92 Å². The molecule has 0 aromatic heterocycles. The molecule has 2 heterocycles. The highest BCUT2D eigenvalue weighted by Gasteiger charge is 2.34. The summed E-state index contributed by atoms with van der Waals surface area (Å²) in [6, 6.07) is 0. The van der Waals surface area contributed by atoms with Gasteiger partial charge in [0, 0.05) is 0 Å². The van der Waals surface area contributed by atoms with Crippen molar-refractivity contribution in [1.82, 2.24) is 0 Å². The standard InChI is InChI=1S/C7H12O2/c1-5-2-3-7-8-4-6(5)9-7/h5-7H,2-4H2,1H3/t5-,6+,7+/m0/s1. The topological polar surface area (TPSA) is 18.5 Å². The number of fused-ring (bicyclic) bond motifs is 2. The molecular formula is C7H12O2. The van der Waals surface area contributed by atoms with Crippen LogP contribution in [0.15, 0.2) is 0 Å². The van der Waals surface area contributed by atoms with E-state index in [9.17, 15) is 0 Å². The highest BCUT2D eigenvalue weighted by atomic mass is 16.7. The van der Waals surface area contributed by atoms with Gasteiger partial charge in [-0.25, -0.2) is 0 Å². The third kappa shape index (κ3) is 0.864. The Hall–Kier alpha value is -0.0800. The van der Waals surface area contributed by atoms with E-state index in [1.165, 1.54) is 6.42 Å². The first-order valence-corrected chi connectivity index (χ1v) is 3.63. The van der Waals surface area contributed by atoms with E-state index >= 15 is 0 Å². The van der Waals surface area contributed by atoms with Crippen LogP contribution < -0.4 is 0 Å². The lowest BCUT2D eigenvalue weighted by Gasteiger charge is -2.23. The van der Waals surface area contributed by atoms with Gasteiger partial charge in [-0.15, -0.1) is 0 Å². The van der Waals surface area contributed by atoms with Crippen molar-refractivity contribution in [2.45, 2.75) is 32.2 Å².